The number of furan rings is 1. The van der Waals surface area contributed by atoms with E-state index in [0.29, 0.717) is 4.67 Å². The molecular formula is C12H17BrN2O4. The Morgan fingerprint density at radius 1 is 1.42 bits per heavy atom. The van der Waals surface area contributed by atoms with Crippen LogP contribution in [0.1, 0.15) is 24.4 Å². The molecule has 7 heteroatoms. The number of rotatable bonds is 6. The van der Waals surface area contributed by atoms with E-state index < -0.39 is 5.91 Å². The van der Waals surface area contributed by atoms with Crippen molar-refractivity contribution in [3.05, 3.63) is 22.6 Å². The maximum absolute atomic E-state index is 11.6. The molecule has 1 aromatic rings. The highest BCUT2D eigenvalue weighted by molar-refractivity contribution is 9.10. The molecule has 0 aliphatic carbocycles. The van der Waals surface area contributed by atoms with Crippen molar-refractivity contribution < 1.29 is 19.1 Å². The normalized spacial score (nSPS) is 12.3. The molecule has 2 amide bonds. The quantitative estimate of drug-likeness (QED) is 0.721. The average molecular weight is 333 g/mol. The Kier molecular flexibility index (Phi) is 6.04. The van der Waals surface area contributed by atoms with Gasteiger partial charge in [-0.2, -0.15) is 0 Å². The minimum Gasteiger partial charge on any atom is -0.444 e. The van der Waals surface area contributed by atoms with E-state index in [-0.39, 0.29) is 36.8 Å². The Morgan fingerprint density at radius 3 is 2.58 bits per heavy atom. The highest BCUT2D eigenvalue weighted by Gasteiger charge is 2.16. The molecule has 1 aromatic heterocycles. The first kappa shape index (κ1) is 15.7. The van der Waals surface area contributed by atoms with Crippen LogP contribution >= 0.6 is 15.9 Å². The molecule has 0 spiro atoms. The summed E-state index contributed by atoms with van der Waals surface area (Å²) in [6.45, 7) is 3.48. The van der Waals surface area contributed by atoms with Gasteiger partial charge in [-0.3, -0.25) is 9.59 Å². The zero-order chi connectivity index (χ0) is 14.4. The number of aliphatic hydroxyl groups is 1. The summed E-state index contributed by atoms with van der Waals surface area (Å²) in [6.07, 6.45) is 0. The lowest BCUT2D eigenvalue weighted by Gasteiger charge is -2.19. The predicted molar refractivity (Wildman–Crippen MR) is 72.6 cm³/mol. The Bertz CT molecular complexity index is 445. The van der Waals surface area contributed by atoms with Crippen molar-refractivity contribution in [3.8, 4) is 0 Å². The number of nitrogens with one attached hydrogen (secondary N) is 2. The first-order chi connectivity index (χ1) is 8.93. The smallest absolute Gasteiger partial charge is 0.287 e. The fraction of sp³-hybridized carbons (Fsp3) is 0.500. The molecule has 1 atom stereocenters. The number of halogens is 1. The number of amides is 2. The van der Waals surface area contributed by atoms with E-state index >= 15 is 0 Å². The molecule has 0 bridgehead atoms. The van der Waals surface area contributed by atoms with E-state index in [1.54, 1.807) is 6.07 Å². The fourth-order valence-electron chi connectivity index (χ4n) is 1.36. The molecule has 0 aliphatic heterocycles. The molecule has 19 heavy (non-hydrogen) atoms. The van der Waals surface area contributed by atoms with Gasteiger partial charge in [-0.25, -0.2) is 0 Å². The van der Waals surface area contributed by atoms with Gasteiger partial charge in [0.2, 0.25) is 5.91 Å². The largest absolute Gasteiger partial charge is 0.444 e. The minimum absolute atomic E-state index is 0.116. The van der Waals surface area contributed by atoms with Crippen LogP contribution in [-0.2, 0) is 4.79 Å². The van der Waals surface area contributed by atoms with Crippen molar-refractivity contribution in [1.82, 2.24) is 10.6 Å². The summed E-state index contributed by atoms with van der Waals surface area (Å²) in [7, 11) is 0. The summed E-state index contributed by atoms with van der Waals surface area (Å²) in [4.78, 5) is 23.2. The third-order valence-electron chi connectivity index (χ3n) is 2.55. The van der Waals surface area contributed by atoms with Crippen molar-refractivity contribution in [2.75, 3.05) is 13.2 Å². The van der Waals surface area contributed by atoms with Crippen molar-refractivity contribution >= 4 is 27.7 Å². The van der Waals surface area contributed by atoms with E-state index in [1.165, 1.54) is 6.07 Å². The summed E-state index contributed by atoms with van der Waals surface area (Å²) in [6, 6.07) is 2.78. The summed E-state index contributed by atoms with van der Waals surface area (Å²) in [5, 5.41) is 14.1. The van der Waals surface area contributed by atoms with Crippen molar-refractivity contribution in [2.45, 2.75) is 19.9 Å². The zero-order valence-electron chi connectivity index (χ0n) is 10.8. The molecule has 0 aromatic carbocycles. The monoisotopic (exact) mass is 332 g/mol. The Balaban J connectivity index is 2.40. The van der Waals surface area contributed by atoms with Gasteiger partial charge in [0.05, 0.1) is 19.2 Å². The van der Waals surface area contributed by atoms with Crippen LogP contribution in [0.25, 0.3) is 0 Å². The third-order valence-corrected chi connectivity index (χ3v) is 2.98. The van der Waals surface area contributed by atoms with Crippen LogP contribution in [0.3, 0.4) is 0 Å². The molecule has 0 saturated carbocycles. The number of aliphatic hydroxyl groups excluding tert-OH is 1. The van der Waals surface area contributed by atoms with Gasteiger partial charge in [-0.05, 0) is 34.0 Å². The molecule has 0 aliphatic rings. The van der Waals surface area contributed by atoms with Crippen LogP contribution < -0.4 is 10.6 Å². The lowest BCUT2D eigenvalue weighted by atomic mass is 10.1. The number of hydrogen-bond acceptors (Lipinski definition) is 4. The zero-order valence-corrected chi connectivity index (χ0v) is 12.4. The fourth-order valence-corrected chi connectivity index (χ4v) is 1.67. The van der Waals surface area contributed by atoms with Gasteiger partial charge in [0.1, 0.15) is 0 Å². The Morgan fingerprint density at radius 2 is 2.11 bits per heavy atom. The van der Waals surface area contributed by atoms with E-state index in [2.05, 4.69) is 26.6 Å². The van der Waals surface area contributed by atoms with Gasteiger partial charge in [-0.15, -0.1) is 0 Å². The second-order valence-electron chi connectivity index (χ2n) is 4.39. The van der Waals surface area contributed by atoms with Gasteiger partial charge >= 0.3 is 0 Å². The Hall–Kier alpha value is -1.34. The molecule has 6 nitrogen and oxygen atoms in total. The summed E-state index contributed by atoms with van der Waals surface area (Å²) in [5.74, 6) is -0.578. The van der Waals surface area contributed by atoms with Gasteiger partial charge in [0.15, 0.2) is 10.4 Å². The van der Waals surface area contributed by atoms with Crippen molar-refractivity contribution in [2.24, 2.45) is 5.92 Å². The van der Waals surface area contributed by atoms with Gasteiger partial charge in [0, 0.05) is 0 Å². The molecule has 0 fully saturated rings. The van der Waals surface area contributed by atoms with Crippen molar-refractivity contribution in [3.63, 3.8) is 0 Å². The van der Waals surface area contributed by atoms with Crippen molar-refractivity contribution in [1.29, 1.82) is 0 Å². The van der Waals surface area contributed by atoms with Crippen LogP contribution in [-0.4, -0.2) is 36.1 Å². The van der Waals surface area contributed by atoms with Crippen LogP contribution in [0.2, 0.25) is 0 Å². The maximum Gasteiger partial charge on any atom is 0.287 e. The van der Waals surface area contributed by atoms with E-state index in [9.17, 15) is 9.59 Å². The SMILES string of the molecule is CC(C)C(CO)NC(=O)CNC(=O)c1ccc(Br)o1. The standard InChI is InChI=1S/C12H17BrN2O4/c1-7(2)8(6-16)15-11(17)5-14-12(18)9-3-4-10(13)19-9/h3-4,7-8,16H,5-6H2,1-2H3,(H,14,18)(H,15,17). The first-order valence-corrected chi connectivity index (χ1v) is 6.67. The van der Waals surface area contributed by atoms with Crippen LogP contribution in [0.15, 0.2) is 21.2 Å². The minimum atomic E-state index is -0.467. The molecule has 106 valence electrons. The molecule has 1 rings (SSSR count). The topological polar surface area (TPSA) is 91.6 Å². The second-order valence-corrected chi connectivity index (χ2v) is 5.17. The van der Waals surface area contributed by atoms with Gasteiger partial charge in [0.25, 0.3) is 5.91 Å². The first-order valence-electron chi connectivity index (χ1n) is 5.87. The molecule has 0 saturated heterocycles. The lowest BCUT2D eigenvalue weighted by Crippen LogP contribution is -2.45. The molecule has 0 radical (unpaired) electrons. The number of carbonyl (C=O) groups excluding carboxylic acids is 2. The summed E-state index contributed by atoms with van der Waals surface area (Å²) < 4.78 is 5.50. The third kappa shape index (κ3) is 5.04. The average Bonchev–Trinajstić information content (AvgIpc) is 2.79. The molecule has 1 heterocycles. The van der Waals surface area contributed by atoms with Crippen LogP contribution in [0, 0.1) is 5.92 Å². The second kappa shape index (κ2) is 7.30. The maximum atomic E-state index is 11.6. The van der Waals surface area contributed by atoms with Gasteiger partial charge < -0.3 is 20.2 Å². The number of carbonyl (C=O) groups is 2. The van der Waals surface area contributed by atoms with Crippen LogP contribution in [0.5, 0.6) is 0 Å². The highest BCUT2D eigenvalue weighted by atomic mass is 79.9. The summed E-state index contributed by atoms with van der Waals surface area (Å²) in [5.41, 5.74) is 0. The van der Waals surface area contributed by atoms with E-state index in [0.717, 1.165) is 0 Å². The molecular weight excluding hydrogens is 316 g/mol. The highest BCUT2D eigenvalue weighted by Crippen LogP contribution is 2.13. The predicted octanol–water partition coefficient (Wildman–Crippen LogP) is 0.905. The molecule has 1 unspecified atom stereocenters. The van der Waals surface area contributed by atoms with E-state index in [4.69, 9.17) is 9.52 Å². The number of hydrogen-bond donors (Lipinski definition) is 3. The summed E-state index contributed by atoms with van der Waals surface area (Å²) >= 11 is 3.08. The Labute approximate surface area is 119 Å². The van der Waals surface area contributed by atoms with Gasteiger partial charge in [-0.1, -0.05) is 13.8 Å². The van der Waals surface area contributed by atoms with E-state index in [1.807, 2.05) is 13.8 Å². The molecule has 3 N–H and O–H groups in total. The van der Waals surface area contributed by atoms with Crippen LogP contribution in [0.4, 0.5) is 0 Å². The lowest BCUT2D eigenvalue weighted by molar-refractivity contribution is -0.121.